The van der Waals surface area contributed by atoms with Gasteiger partial charge in [-0.2, -0.15) is 0 Å². The van der Waals surface area contributed by atoms with Crippen molar-refractivity contribution < 1.29 is 14.7 Å². The van der Waals surface area contributed by atoms with E-state index in [1.807, 2.05) is 32.9 Å². The molecule has 0 heterocycles. The smallest absolute Gasteiger partial charge is 0.217 e. The van der Waals surface area contributed by atoms with Crippen LogP contribution in [0.1, 0.15) is 47.0 Å². The molecule has 0 aromatic carbocycles. The highest BCUT2D eigenvalue weighted by molar-refractivity contribution is 5.72. The standard InChI is InChI=1S/C18H29NO3/c1-14(15(2)11-13-20)9-7-10-18(22)16(3)8-5-6-12-19-17(4)21/h5-6,9,11,13,16,18,22H,7-8,10,12H2,1-4H3,(H,19,21)/b6-5+,14-9+,15-11+. The summed E-state index contributed by atoms with van der Waals surface area (Å²) in [4.78, 5) is 21.1. The van der Waals surface area contributed by atoms with Crippen molar-refractivity contribution in [3.05, 3.63) is 35.5 Å². The molecule has 0 bridgehead atoms. The molecule has 0 aromatic heterocycles. The molecule has 0 spiro atoms. The summed E-state index contributed by atoms with van der Waals surface area (Å²) in [7, 11) is 0. The van der Waals surface area contributed by atoms with Crippen LogP contribution in [0.15, 0.2) is 35.5 Å². The molecule has 4 nitrogen and oxygen atoms in total. The topological polar surface area (TPSA) is 66.4 Å². The summed E-state index contributed by atoms with van der Waals surface area (Å²) in [6.45, 7) is 7.90. The highest BCUT2D eigenvalue weighted by Crippen LogP contribution is 2.16. The van der Waals surface area contributed by atoms with E-state index in [1.165, 1.54) is 6.92 Å². The Labute approximate surface area is 134 Å². The molecule has 0 aliphatic heterocycles. The summed E-state index contributed by atoms with van der Waals surface area (Å²) in [6, 6.07) is 0. The van der Waals surface area contributed by atoms with Crippen LogP contribution in [0.5, 0.6) is 0 Å². The van der Waals surface area contributed by atoms with Gasteiger partial charge in [-0.1, -0.05) is 30.7 Å². The Hall–Kier alpha value is -1.68. The Morgan fingerprint density at radius 2 is 1.86 bits per heavy atom. The van der Waals surface area contributed by atoms with Gasteiger partial charge in [0, 0.05) is 13.5 Å². The summed E-state index contributed by atoms with van der Waals surface area (Å²) < 4.78 is 0. The number of hydrogen-bond acceptors (Lipinski definition) is 3. The average Bonchev–Trinajstić information content (AvgIpc) is 2.46. The maximum absolute atomic E-state index is 10.7. The summed E-state index contributed by atoms with van der Waals surface area (Å²) in [5.74, 6) is 0.132. The lowest BCUT2D eigenvalue weighted by atomic mass is 9.96. The second-order valence-electron chi connectivity index (χ2n) is 5.64. The van der Waals surface area contributed by atoms with E-state index in [4.69, 9.17) is 0 Å². The van der Waals surface area contributed by atoms with Gasteiger partial charge in [-0.05, 0) is 50.7 Å². The molecular formula is C18H29NO3. The van der Waals surface area contributed by atoms with Gasteiger partial charge in [-0.25, -0.2) is 0 Å². The van der Waals surface area contributed by atoms with E-state index in [2.05, 4.69) is 11.4 Å². The number of amides is 1. The monoisotopic (exact) mass is 307 g/mol. The van der Waals surface area contributed by atoms with E-state index in [0.29, 0.717) is 13.0 Å². The van der Waals surface area contributed by atoms with E-state index in [0.717, 1.165) is 30.3 Å². The van der Waals surface area contributed by atoms with Crippen LogP contribution >= 0.6 is 0 Å². The molecule has 0 aliphatic rings. The zero-order chi connectivity index (χ0) is 17.0. The van der Waals surface area contributed by atoms with Gasteiger partial charge < -0.3 is 10.4 Å². The third kappa shape index (κ3) is 10.1. The van der Waals surface area contributed by atoms with Crippen molar-refractivity contribution in [1.29, 1.82) is 0 Å². The van der Waals surface area contributed by atoms with Crippen molar-refractivity contribution >= 4 is 12.2 Å². The Balaban J connectivity index is 4.08. The number of nitrogens with one attached hydrogen (secondary N) is 1. The lowest BCUT2D eigenvalue weighted by Gasteiger charge is -2.16. The van der Waals surface area contributed by atoms with Crippen LogP contribution in [0.25, 0.3) is 0 Å². The predicted octanol–water partition coefficient (Wildman–Crippen LogP) is 2.94. The van der Waals surface area contributed by atoms with E-state index >= 15 is 0 Å². The van der Waals surface area contributed by atoms with Crippen molar-refractivity contribution in [2.24, 2.45) is 5.92 Å². The van der Waals surface area contributed by atoms with Gasteiger partial charge in [0.15, 0.2) is 0 Å². The Kier molecular flexibility index (Phi) is 11.0. The van der Waals surface area contributed by atoms with Gasteiger partial charge in [-0.15, -0.1) is 0 Å². The van der Waals surface area contributed by atoms with Crippen LogP contribution in [0, 0.1) is 5.92 Å². The molecule has 2 N–H and O–H groups in total. The quantitative estimate of drug-likeness (QED) is 0.282. The first-order chi connectivity index (χ1) is 10.4. The zero-order valence-electron chi connectivity index (χ0n) is 14.1. The molecule has 0 aliphatic carbocycles. The van der Waals surface area contributed by atoms with Crippen LogP contribution in [0.3, 0.4) is 0 Å². The van der Waals surface area contributed by atoms with Gasteiger partial charge in [0.25, 0.3) is 0 Å². The molecule has 0 fully saturated rings. The van der Waals surface area contributed by atoms with E-state index in [1.54, 1.807) is 6.08 Å². The van der Waals surface area contributed by atoms with E-state index in [-0.39, 0.29) is 17.9 Å². The van der Waals surface area contributed by atoms with Gasteiger partial charge in [0.1, 0.15) is 6.29 Å². The van der Waals surface area contributed by atoms with Crippen molar-refractivity contribution in [2.75, 3.05) is 6.54 Å². The fourth-order valence-electron chi connectivity index (χ4n) is 1.90. The highest BCUT2D eigenvalue weighted by atomic mass is 16.3. The van der Waals surface area contributed by atoms with Gasteiger partial charge in [0.05, 0.1) is 6.10 Å². The first kappa shape index (κ1) is 20.3. The molecule has 2 atom stereocenters. The number of rotatable bonds is 10. The summed E-state index contributed by atoms with van der Waals surface area (Å²) >= 11 is 0. The zero-order valence-corrected chi connectivity index (χ0v) is 14.1. The number of allylic oxidation sites excluding steroid dienone is 5. The first-order valence-corrected chi connectivity index (χ1v) is 7.75. The van der Waals surface area contributed by atoms with Gasteiger partial charge in [-0.3, -0.25) is 9.59 Å². The predicted molar refractivity (Wildman–Crippen MR) is 90.4 cm³/mol. The SMILES string of the molecule is CC(=O)NC/C=C/CC(C)C(O)CC/C=C(C)/C(C)=C/C=O. The molecule has 1 amide bonds. The second kappa shape index (κ2) is 11.9. The molecule has 0 saturated carbocycles. The van der Waals surface area contributed by atoms with Crippen LogP contribution in [-0.2, 0) is 9.59 Å². The lowest BCUT2D eigenvalue weighted by molar-refractivity contribution is -0.118. The van der Waals surface area contributed by atoms with Crippen molar-refractivity contribution in [3.8, 4) is 0 Å². The first-order valence-electron chi connectivity index (χ1n) is 7.75. The number of aliphatic hydroxyl groups is 1. The molecular weight excluding hydrogens is 278 g/mol. The molecule has 0 radical (unpaired) electrons. The largest absolute Gasteiger partial charge is 0.393 e. The van der Waals surface area contributed by atoms with Crippen LogP contribution < -0.4 is 5.32 Å². The normalized spacial score (nSPS) is 15.7. The second-order valence-corrected chi connectivity index (χ2v) is 5.64. The minimum Gasteiger partial charge on any atom is -0.393 e. The third-order valence-corrected chi connectivity index (χ3v) is 3.65. The maximum Gasteiger partial charge on any atom is 0.217 e. The maximum atomic E-state index is 10.7. The minimum atomic E-state index is -0.357. The average molecular weight is 307 g/mol. The Bertz CT molecular complexity index is 436. The van der Waals surface area contributed by atoms with E-state index < -0.39 is 0 Å². The number of aliphatic hydroxyl groups excluding tert-OH is 1. The number of hydrogen-bond donors (Lipinski definition) is 2. The van der Waals surface area contributed by atoms with Crippen molar-refractivity contribution in [3.63, 3.8) is 0 Å². The number of aldehydes is 1. The molecule has 22 heavy (non-hydrogen) atoms. The molecule has 0 aromatic rings. The summed E-state index contributed by atoms with van der Waals surface area (Å²) in [5.41, 5.74) is 2.03. The number of carbonyl (C=O) groups is 2. The minimum absolute atomic E-state index is 0.0428. The number of carbonyl (C=O) groups excluding carboxylic acids is 2. The third-order valence-electron chi connectivity index (χ3n) is 3.65. The lowest BCUT2D eigenvalue weighted by Crippen LogP contribution is -2.19. The molecule has 0 rings (SSSR count). The molecule has 0 saturated heterocycles. The fraction of sp³-hybridized carbons (Fsp3) is 0.556. The summed E-state index contributed by atoms with van der Waals surface area (Å²) in [6.07, 6.45) is 10.2. The van der Waals surface area contributed by atoms with Crippen LogP contribution in [0.2, 0.25) is 0 Å². The van der Waals surface area contributed by atoms with Crippen molar-refractivity contribution in [2.45, 2.75) is 53.1 Å². The summed E-state index contributed by atoms with van der Waals surface area (Å²) in [5, 5.41) is 12.8. The van der Waals surface area contributed by atoms with Gasteiger partial charge >= 0.3 is 0 Å². The Morgan fingerprint density at radius 1 is 1.18 bits per heavy atom. The molecule has 4 heteroatoms. The van der Waals surface area contributed by atoms with Crippen LogP contribution in [0.4, 0.5) is 0 Å². The van der Waals surface area contributed by atoms with E-state index in [9.17, 15) is 14.7 Å². The fourth-order valence-corrected chi connectivity index (χ4v) is 1.90. The molecule has 124 valence electrons. The highest BCUT2D eigenvalue weighted by Gasteiger charge is 2.11. The molecule has 2 unspecified atom stereocenters. The van der Waals surface area contributed by atoms with Gasteiger partial charge in [0.2, 0.25) is 5.91 Å². The van der Waals surface area contributed by atoms with Crippen molar-refractivity contribution in [1.82, 2.24) is 5.32 Å². The Morgan fingerprint density at radius 3 is 2.45 bits per heavy atom. The van der Waals surface area contributed by atoms with Crippen LogP contribution in [-0.4, -0.2) is 29.9 Å².